The fourth-order valence-electron chi connectivity index (χ4n) is 4.96. The first-order valence-electron chi connectivity index (χ1n) is 14.2. The molecule has 13 heteroatoms. The molecule has 3 amide bonds. The van der Waals surface area contributed by atoms with Gasteiger partial charge in [-0.1, -0.05) is 35.9 Å². The molecule has 2 heterocycles. The molecule has 232 valence electrons. The molecule has 1 aliphatic heterocycles. The highest BCUT2D eigenvalue weighted by Crippen LogP contribution is 2.37. The third-order valence-corrected chi connectivity index (χ3v) is 7.76. The lowest BCUT2D eigenvalue weighted by Gasteiger charge is -2.33. The number of benzene rings is 3. The van der Waals surface area contributed by atoms with Gasteiger partial charge in [0.15, 0.2) is 5.82 Å². The molecule has 1 aromatic heterocycles. The maximum Gasteiger partial charge on any atom is 0.254 e. The molecule has 0 atom stereocenters. The van der Waals surface area contributed by atoms with Gasteiger partial charge in [0.25, 0.3) is 17.7 Å². The minimum atomic E-state index is -0.604. The van der Waals surface area contributed by atoms with Crippen molar-refractivity contribution in [2.75, 3.05) is 58.0 Å². The Morgan fingerprint density at radius 3 is 2.31 bits per heavy atom. The molecule has 1 fully saturated rings. The zero-order valence-corrected chi connectivity index (χ0v) is 25.8. The molecule has 4 aromatic rings. The van der Waals surface area contributed by atoms with E-state index in [4.69, 9.17) is 22.1 Å². The van der Waals surface area contributed by atoms with Crippen LogP contribution in [-0.4, -0.2) is 84.9 Å². The molecule has 0 aliphatic carbocycles. The molecule has 0 spiro atoms. The first-order chi connectivity index (χ1) is 21.7. The van der Waals surface area contributed by atoms with Gasteiger partial charge >= 0.3 is 0 Å². The van der Waals surface area contributed by atoms with E-state index in [2.05, 4.69) is 30.8 Å². The second-order valence-corrected chi connectivity index (χ2v) is 10.8. The zero-order valence-electron chi connectivity index (χ0n) is 25.1. The minimum absolute atomic E-state index is 0.137. The van der Waals surface area contributed by atoms with E-state index in [-0.39, 0.29) is 34.2 Å². The molecule has 12 nitrogen and oxygen atoms in total. The van der Waals surface area contributed by atoms with Crippen molar-refractivity contribution in [1.29, 1.82) is 0 Å². The SMILES string of the molecule is CNC(=O)c1ccc(-c2cc(OC)c(Nc3ncc(Cl)c(Nc4ccccc4C(N)=O)n3)cc2C(=O)N2CCN(C)CC2)cc1. The fourth-order valence-corrected chi connectivity index (χ4v) is 5.10. The van der Waals surface area contributed by atoms with Crippen molar-refractivity contribution in [3.63, 3.8) is 0 Å². The lowest BCUT2D eigenvalue weighted by molar-refractivity contribution is 0.0664. The quantitative estimate of drug-likeness (QED) is 0.214. The largest absolute Gasteiger partial charge is 0.495 e. The van der Waals surface area contributed by atoms with Gasteiger partial charge in [-0.15, -0.1) is 0 Å². The smallest absolute Gasteiger partial charge is 0.254 e. The van der Waals surface area contributed by atoms with Gasteiger partial charge in [0.2, 0.25) is 5.95 Å². The maximum atomic E-state index is 14.0. The number of ether oxygens (including phenoxy) is 1. The average Bonchev–Trinajstić information content (AvgIpc) is 3.06. The normalized spacial score (nSPS) is 13.2. The highest BCUT2D eigenvalue weighted by atomic mass is 35.5. The van der Waals surface area contributed by atoms with E-state index >= 15 is 0 Å². The number of amides is 3. The molecular formula is C32H33ClN8O4. The van der Waals surface area contributed by atoms with E-state index in [0.717, 1.165) is 18.7 Å². The van der Waals surface area contributed by atoms with Crippen molar-refractivity contribution < 1.29 is 19.1 Å². The molecule has 0 saturated carbocycles. The van der Waals surface area contributed by atoms with E-state index in [0.29, 0.717) is 46.9 Å². The predicted molar refractivity (Wildman–Crippen MR) is 174 cm³/mol. The monoisotopic (exact) mass is 628 g/mol. The lowest BCUT2D eigenvalue weighted by Crippen LogP contribution is -2.47. The Kier molecular flexibility index (Phi) is 9.45. The molecule has 5 rings (SSSR count). The van der Waals surface area contributed by atoms with Crippen LogP contribution in [0.5, 0.6) is 5.75 Å². The summed E-state index contributed by atoms with van der Waals surface area (Å²) in [6.07, 6.45) is 1.41. The summed E-state index contributed by atoms with van der Waals surface area (Å²) in [5.74, 6) is -0.112. The van der Waals surface area contributed by atoms with Crippen LogP contribution < -0.4 is 26.4 Å². The number of anilines is 4. The van der Waals surface area contributed by atoms with Crippen molar-refractivity contribution in [3.05, 3.63) is 88.6 Å². The average molecular weight is 629 g/mol. The van der Waals surface area contributed by atoms with Crippen molar-refractivity contribution in [3.8, 4) is 16.9 Å². The number of halogens is 1. The van der Waals surface area contributed by atoms with Gasteiger partial charge in [0.1, 0.15) is 10.8 Å². The number of hydrogen-bond acceptors (Lipinski definition) is 9. The summed E-state index contributed by atoms with van der Waals surface area (Å²) in [5, 5.41) is 9.05. The number of carbonyl (C=O) groups is 3. The minimum Gasteiger partial charge on any atom is -0.495 e. The second kappa shape index (κ2) is 13.6. The first kappa shape index (κ1) is 31.2. The van der Waals surface area contributed by atoms with Crippen molar-refractivity contribution in [1.82, 2.24) is 25.1 Å². The van der Waals surface area contributed by atoms with Crippen LogP contribution in [0.25, 0.3) is 11.1 Å². The summed E-state index contributed by atoms with van der Waals surface area (Å²) >= 11 is 6.40. The fraction of sp³-hybridized carbons (Fsp3) is 0.219. The molecule has 3 aromatic carbocycles. The number of piperazine rings is 1. The van der Waals surface area contributed by atoms with Gasteiger partial charge in [-0.05, 0) is 54.6 Å². The van der Waals surface area contributed by atoms with Gasteiger partial charge < -0.3 is 36.2 Å². The van der Waals surface area contributed by atoms with Crippen molar-refractivity contribution in [2.45, 2.75) is 0 Å². The summed E-state index contributed by atoms with van der Waals surface area (Å²) in [6.45, 7) is 2.69. The van der Waals surface area contributed by atoms with Crippen LogP contribution in [0, 0.1) is 0 Å². The Balaban J connectivity index is 1.53. The van der Waals surface area contributed by atoms with Crippen LogP contribution in [0.15, 0.2) is 66.9 Å². The lowest BCUT2D eigenvalue weighted by atomic mass is 9.96. The molecule has 0 radical (unpaired) electrons. The highest BCUT2D eigenvalue weighted by molar-refractivity contribution is 6.33. The number of hydrogen-bond donors (Lipinski definition) is 4. The van der Waals surface area contributed by atoms with Crippen LogP contribution in [0.1, 0.15) is 31.1 Å². The summed E-state index contributed by atoms with van der Waals surface area (Å²) in [7, 11) is 5.12. The van der Waals surface area contributed by atoms with Crippen LogP contribution in [-0.2, 0) is 0 Å². The Morgan fingerprint density at radius 1 is 0.933 bits per heavy atom. The third kappa shape index (κ3) is 6.97. The maximum absolute atomic E-state index is 14.0. The van der Waals surface area contributed by atoms with E-state index in [9.17, 15) is 14.4 Å². The number of aromatic nitrogens is 2. The molecule has 0 bridgehead atoms. The Labute approximate surface area is 265 Å². The number of para-hydroxylation sites is 1. The summed E-state index contributed by atoms with van der Waals surface area (Å²) in [6, 6.07) is 17.3. The van der Waals surface area contributed by atoms with Gasteiger partial charge in [-0.3, -0.25) is 14.4 Å². The zero-order chi connectivity index (χ0) is 32.1. The standard InChI is InChI=1S/C32H33ClN8O4/c1-35-30(43)20-10-8-19(9-11-20)22-17-27(45-3)26(16-23(22)31(44)41-14-12-40(2)13-15-41)38-32-36-18-24(33)29(39-32)37-25-7-5-4-6-21(25)28(34)42/h4-11,16-18H,12-15H2,1-3H3,(H2,34,42)(H,35,43)(H2,36,37,38,39). The number of nitrogens with zero attached hydrogens (tertiary/aromatic N) is 4. The number of nitrogens with one attached hydrogen (secondary N) is 3. The second-order valence-electron chi connectivity index (χ2n) is 10.4. The Hall–Kier alpha value is -5.20. The van der Waals surface area contributed by atoms with E-state index in [1.165, 1.54) is 13.3 Å². The number of nitrogens with two attached hydrogens (primary N) is 1. The van der Waals surface area contributed by atoms with Gasteiger partial charge in [-0.25, -0.2) is 4.98 Å². The number of primary amides is 1. The molecule has 1 saturated heterocycles. The molecular weight excluding hydrogens is 596 g/mol. The summed E-state index contributed by atoms with van der Waals surface area (Å²) < 4.78 is 5.74. The number of carbonyl (C=O) groups excluding carboxylic acids is 3. The van der Waals surface area contributed by atoms with E-state index < -0.39 is 5.91 Å². The van der Waals surface area contributed by atoms with Gasteiger partial charge in [0, 0.05) is 44.4 Å². The van der Waals surface area contributed by atoms with Crippen LogP contribution >= 0.6 is 11.6 Å². The number of rotatable bonds is 9. The van der Waals surface area contributed by atoms with Crippen LogP contribution in [0.2, 0.25) is 5.02 Å². The van der Waals surface area contributed by atoms with Gasteiger partial charge in [0.05, 0.1) is 30.2 Å². The Morgan fingerprint density at radius 2 is 1.64 bits per heavy atom. The van der Waals surface area contributed by atoms with Crippen molar-refractivity contribution in [2.24, 2.45) is 5.73 Å². The molecule has 45 heavy (non-hydrogen) atoms. The first-order valence-corrected chi connectivity index (χ1v) is 14.5. The predicted octanol–water partition coefficient (Wildman–Crippen LogP) is 4.14. The molecule has 1 aliphatic rings. The molecule has 0 unspecified atom stereocenters. The third-order valence-electron chi connectivity index (χ3n) is 7.48. The summed E-state index contributed by atoms with van der Waals surface area (Å²) in [4.78, 5) is 50.9. The molecule has 5 N–H and O–H groups in total. The Bertz CT molecular complexity index is 1740. The summed E-state index contributed by atoms with van der Waals surface area (Å²) in [5.41, 5.74) is 9.02. The van der Waals surface area contributed by atoms with Gasteiger partial charge in [-0.2, -0.15) is 4.98 Å². The van der Waals surface area contributed by atoms with E-state index in [1.54, 1.807) is 67.7 Å². The van der Waals surface area contributed by atoms with Crippen LogP contribution in [0.3, 0.4) is 0 Å². The van der Waals surface area contributed by atoms with Crippen molar-refractivity contribution >= 4 is 52.5 Å². The highest BCUT2D eigenvalue weighted by Gasteiger charge is 2.25. The number of likely N-dealkylation sites (N-methyl/N-ethyl adjacent to an activating group) is 1. The van der Waals surface area contributed by atoms with E-state index in [1.807, 2.05) is 11.9 Å². The van der Waals surface area contributed by atoms with Crippen LogP contribution in [0.4, 0.5) is 23.1 Å². The topological polar surface area (TPSA) is 155 Å². The number of methoxy groups -OCH3 is 1.